The number of rotatable bonds is 3. The van der Waals surface area contributed by atoms with Crippen molar-refractivity contribution in [3.63, 3.8) is 0 Å². The topological polar surface area (TPSA) is 157 Å². The maximum Gasteiger partial charge on any atom is 0.326 e. The number of carbonyl (C=O) groups excluding carboxylic acids is 4. The van der Waals surface area contributed by atoms with Gasteiger partial charge in [-0.25, -0.2) is 4.79 Å². The van der Waals surface area contributed by atoms with Gasteiger partial charge in [-0.3, -0.25) is 23.7 Å². The van der Waals surface area contributed by atoms with Gasteiger partial charge in [-0.1, -0.05) is 26.7 Å². The van der Waals surface area contributed by atoms with Gasteiger partial charge in [-0.05, 0) is 62.8 Å². The molecule has 1 aromatic carbocycles. The number of fused-ring (bicyclic) bond motifs is 1. The Labute approximate surface area is 258 Å². The molecule has 0 saturated carbocycles. The molecule has 0 spiro atoms. The lowest BCUT2D eigenvalue weighted by Gasteiger charge is -2.30. The number of benzene rings is 1. The highest BCUT2D eigenvalue weighted by atomic mass is 35.5. The summed E-state index contributed by atoms with van der Waals surface area (Å²) in [7, 11) is 0. The first-order chi connectivity index (χ1) is 20.3. The van der Waals surface area contributed by atoms with Gasteiger partial charge in [0.2, 0.25) is 17.7 Å². The first-order valence-electron chi connectivity index (χ1n) is 15.4. The summed E-state index contributed by atoms with van der Waals surface area (Å²) in [4.78, 5) is 69.5. The Hall–Kier alpha value is -3.38. The highest BCUT2D eigenvalue weighted by Crippen LogP contribution is 2.15. The first-order valence-corrected chi connectivity index (χ1v) is 15.4. The lowest BCUT2D eigenvalue weighted by atomic mass is 9.98. The number of aromatic nitrogens is 2. The van der Waals surface area contributed by atoms with E-state index in [1.54, 1.807) is 27.7 Å². The van der Waals surface area contributed by atoms with Crippen LogP contribution >= 0.6 is 12.4 Å². The Morgan fingerprint density at radius 3 is 2.44 bits per heavy atom. The van der Waals surface area contributed by atoms with Crippen LogP contribution in [0.2, 0.25) is 0 Å². The van der Waals surface area contributed by atoms with Crippen molar-refractivity contribution in [2.75, 3.05) is 32.7 Å². The number of carbonyl (C=O) groups is 4. The second-order valence-corrected chi connectivity index (χ2v) is 11.4. The predicted molar refractivity (Wildman–Crippen MR) is 167 cm³/mol. The largest absolute Gasteiger partial charge is 0.354 e. The van der Waals surface area contributed by atoms with Crippen LogP contribution in [0.25, 0.3) is 11.0 Å². The van der Waals surface area contributed by atoms with Crippen LogP contribution in [0.4, 0.5) is 0 Å². The zero-order valence-corrected chi connectivity index (χ0v) is 26.0. The van der Waals surface area contributed by atoms with E-state index in [2.05, 4.69) is 26.3 Å². The second-order valence-electron chi connectivity index (χ2n) is 11.4. The number of piperidine rings is 1. The summed E-state index contributed by atoms with van der Waals surface area (Å²) in [5.41, 5.74) is 1.40. The number of aromatic amines is 1. The van der Waals surface area contributed by atoms with Crippen molar-refractivity contribution in [1.82, 2.24) is 35.7 Å². The van der Waals surface area contributed by atoms with Gasteiger partial charge in [0.05, 0.1) is 17.1 Å². The Bertz CT molecular complexity index is 1320. The lowest BCUT2D eigenvalue weighted by Crippen LogP contribution is -2.51. The molecular formula is C30H46ClN7O5. The number of halogens is 1. The van der Waals surface area contributed by atoms with Crippen molar-refractivity contribution in [2.45, 2.75) is 83.8 Å². The van der Waals surface area contributed by atoms with E-state index in [1.807, 2.05) is 13.8 Å². The summed E-state index contributed by atoms with van der Waals surface area (Å²) in [5.74, 6) is -0.778. The summed E-state index contributed by atoms with van der Waals surface area (Å²) < 4.78 is 1.57. The van der Waals surface area contributed by atoms with Gasteiger partial charge in [0.15, 0.2) is 0 Å². The van der Waals surface area contributed by atoms with Crippen LogP contribution < -0.4 is 27.0 Å². The summed E-state index contributed by atoms with van der Waals surface area (Å²) in [5, 5.41) is 12.1. The molecule has 1 fully saturated rings. The van der Waals surface area contributed by atoms with E-state index in [-0.39, 0.29) is 60.1 Å². The molecule has 0 unspecified atom stereocenters. The smallest absolute Gasteiger partial charge is 0.326 e. The van der Waals surface area contributed by atoms with Gasteiger partial charge >= 0.3 is 5.69 Å². The molecule has 2 aliphatic rings. The van der Waals surface area contributed by atoms with E-state index in [4.69, 9.17) is 0 Å². The summed E-state index contributed by atoms with van der Waals surface area (Å²) >= 11 is 0. The average molecular weight is 620 g/mol. The molecule has 1 saturated heterocycles. The van der Waals surface area contributed by atoms with Gasteiger partial charge < -0.3 is 31.2 Å². The van der Waals surface area contributed by atoms with E-state index in [1.165, 1.54) is 0 Å². The van der Waals surface area contributed by atoms with Crippen LogP contribution in [0.3, 0.4) is 0 Å². The van der Waals surface area contributed by atoms with Crippen LogP contribution in [0.15, 0.2) is 23.0 Å². The maximum absolute atomic E-state index is 13.3. The van der Waals surface area contributed by atoms with Crippen molar-refractivity contribution >= 4 is 47.1 Å². The standard InChI is InChI=1S/C30H45N7O5.ClH/c1-3-20(2)26-28(40)33-15-8-18-37-24-19-21(11-12-22(24)34-30(37)42)27(39)32-14-7-17-36(16-6-10-25(38)35-26)29(41)23-9-4-5-13-31-23;/h11-12,19-20,23,26,31H,3-10,13-18H2,1-2H3,(H,32,39)(H,33,40)(H,34,42)(H,35,38);1H/t20-,23+,26-;/m0./s1. The highest BCUT2D eigenvalue weighted by molar-refractivity contribution is 5.97. The number of aryl methyl sites for hydroxylation is 1. The van der Waals surface area contributed by atoms with Gasteiger partial charge in [0, 0.05) is 44.7 Å². The van der Waals surface area contributed by atoms with Crippen LogP contribution in [0.5, 0.6) is 0 Å². The van der Waals surface area contributed by atoms with E-state index >= 15 is 0 Å². The Morgan fingerprint density at radius 2 is 1.70 bits per heavy atom. The predicted octanol–water partition coefficient (Wildman–Crippen LogP) is 1.67. The molecule has 0 radical (unpaired) electrons. The van der Waals surface area contributed by atoms with Crippen molar-refractivity contribution in [3.05, 3.63) is 34.2 Å². The van der Waals surface area contributed by atoms with Gasteiger partial charge in [0.25, 0.3) is 5.91 Å². The summed E-state index contributed by atoms with van der Waals surface area (Å²) in [6, 6.07) is 4.19. The van der Waals surface area contributed by atoms with Crippen molar-refractivity contribution < 1.29 is 19.2 Å². The van der Waals surface area contributed by atoms with Crippen LogP contribution in [-0.2, 0) is 20.9 Å². The van der Waals surface area contributed by atoms with Crippen LogP contribution in [-0.4, -0.2) is 82.9 Å². The minimum atomic E-state index is -0.670. The van der Waals surface area contributed by atoms with E-state index in [0.717, 1.165) is 32.2 Å². The number of hydrogen-bond acceptors (Lipinski definition) is 6. The maximum atomic E-state index is 13.3. The number of nitrogens with one attached hydrogen (secondary N) is 5. The third-order valence-electron chi connectivity index (χ3n) is 8.35. The summed E-state index contributed by atoms with van der Waals surface area (Å²) in [6.45, 7) is 6.64. The molecule has 43 heavy (non-hydrogen) atoms. The monoisotopic (exact) mass is 619 g/mol. The van der Waals surface area contributed by atoms with E-state index in [0.29, 0.717) is 68.6 Å². The highest BCUT2D eigenvalue weighted by Gasteiger charge is 2.27. The third kappa shape index (κ3) is 9.06. The molecule has 1 aromatic heterocycles. The number of nitrogens with zero attached hydrogens (tertiary/aromatic N) is 2. The molecule has 13 heteroatoms. The number of H-pyrrole nitrogens is 1. The third-order valence-corrected chi connectivity index (χ3v) is 8.35. The molecule has 4 rings (SSSR count). The minimum Gasteiger partial charge on any atom is -0.354 e. The summed E-state index contributed by atoms with van der Waals surface area (Å²) in [6.07, 6.45) is 5.26. The Morgan fingerprint density at radius 1 is 0.953 bits per heavy atom. The van der Waals surface area contributed by atoms with E-state index in [9.17, 15) is 24.0 Å². The first kappa shape index (κ1) is 34.1. The van der Waals surface area contributed by atoms with Crippen molar-refractivity contribution in [1.29, 1.82) is 0 Å². The van der Waals surface area contributed by atoms with Gasteiger partial charge in [-0.15, -0.1) is 12.4 Å². The molecule has 5 N–H and O–H groups in total. The molecule has 2 aliphatic heterocycles. The molecule has 3 heterocycles. The van der Waals surface area contributed by atoms with E-state index < -0.39 is 6.04 Å². The average Bonchev–Trinajstić information content (AvgIpc) is 3.32. The SMILES string of the molecule is CC[C@H](C)[C@@H]1NC(=O)CCCN(C(=O)[C@H]2CCCCN2)CCCNC(=O)c2ccc3[nH]c(=O)n(c3c2)CCCNC1=O.Cl. The molecule has 12 nitrogen and oxygen atoms in total. The fourth-order valence-electron chi connectivity index (χ4n) is 5.64. The number of amides is 4. The number of imidazole rings is 1. The minimum absolute atomic E-state index is 0. The normalized spacial score (nSPS) is 22.5. The zero-order chi connectivity index (χ0) is 30.1. The fourth-order valence-corrected chi connectivity index (χ4v) is 5.64. The molecule has 3 atom stereocenters. The molecule has 2 bridgehead atoms. The molecule has 4 amide bonds. The Balaban J connectivity index is 0.00000506. The van der Waals surface area contributed by atoms with Gasteiger partial charge in [0.1, 0.15) is 6.04 Å². The molecular weight excluding hydrogens is 574 g/mol. The molecule has 2 aromatic rings. The number of hydrogen-bond donors (Lipinski definition) is 5. The molecule has 0 aliphatic carbocycles. The van der Waals surface area contributed by atoms with Crippen LogP contribution in [0, 0.1) is 5.92 Å². The van der Waals surface area contributed by atoms with Gasteiger partial charge in [-0.2, -0.15) is 0 Å². The quantitative estimate of drug-likeness (QED) is 0.352. The fraction of sp³-hybridized carbons (Fsp3) is 0.633. The van der Waals surface area contributed by atoms with Crippen molar-refractivity contribution in [2.24, 2.45) is 5.92 Å². The second kappa shape index (κ2) is 16.5. The zero-order valence-electron chi connectivity index (χ0n) is 25.2. The lowest BCUT2D eigenvalue weighted by molar-refractivity contribution is -0.134. The molecule has 238 valence electrons. The Kier molecular flexibility index (Phi) is 13.1. The van der Waals surface area contributed by atoms with Crippen molar-refractivity contribution in [3.8, 4) is 0 Å². The van der Waals surface area contributed by atoms with Crippen LogP contribution in [0.1, 0.15) is 75.6 Å².